The molecule has 0 radical (unpaired) electrons. The van der Waals surface area contributed by atoms with Crippen molar-refractivity contribution in [2.24, 2.45) is 0 Å². The van der Waals surface area contributed by atoms with Crippen molar-refractivity contribution in [3.63, 3.8) is 0 Å². The summed E-state index contributed by atoms with van der Waals surface area (Å²) in [4.78, 5) is 0. The van der Waals surface area contributed by atoms with E-state index in [-0.39, 0.29) is 7.25 Å². The summed E-state index contributed by atoms with van der Waals surface area (Å²) in [5.41, 5.74) is 13.0. The second-order valence-electron chi connectivity index (χ2n) is 13.7. The van der Waals surface area contributed by atoms with Crippen LogP contribution < -0.4 is 0 Å². The van der Waals surface area contributed by atoms with E-state index in [1.54, 1.807) is 0 Å². The van der Waals surface area contributed by atoms with Crippen molar-refractivity contribution in [2.45, 2.75) is 34.2 Å². The number of rotatable bonds is 5. The van der Waals surface area contributed by atoms with E-state index in [1.165, 1.54) is 77.2 Å². The van der Waals surface area contributed by atoms with Gasteiger partial charge in [0.05, 0.1) is 0 Å². The topological polar surface area (TPSA) is 0 Å². The van der Waals surface area contributed by atoms with Crippen LogP contribution in [0.15, 0.2) is 132 Å². The van der Waals surface area contributed by atoms with Crippen LogP contribution in [-0.4, -0.2) is 5.92 Å². The predicted octanol–water partition coefficient (Wildman–Crippen LogP) is 12.9. The first-order chi connectivity index (χ1) is 22.2. The molecule has 46 heavy (non-hydrogen) atoms. The van der Waals surface area contributed by atoms with Gasteiger partial charge in [0, 0.05) is 0 Å². The van der Waals surface area contributed by atoms with Gasteiger partial charge in [0.25, 0.3) is 0 Å². The van der Waals surface area contributed by atoms with Crippen LogP contribution in [0.2, 0.25) is 13.1 Å². The Labute approximate surface area is 281 Å². The van der Waals surface area contributed by atoms with E-state index < -0.39 is 21.5 Å². The van der Waals surface area contributed by atoms with Crippen LogP contribution in [0.25, 0.3) is 56.0 Å². The zero-order valence-corrected chi connectivity index (χ0v) is 31.8. The normalized spacial score (nSPS) is 18.3. The Morgan fingerprint density at radius 3 is 1.28 bits per heavy atom. The summed E-state index contributed by atoms with van der Waals surface area (Å²) in [7, 11) is 17.1. The van der Waals surface area contributed by atoms with Crippen molar-refractivity contribution in [2.75, 3.05) is 0 Å². The van der Waals surface area contributed by atoms with Crippen molar-refractivity contribution in [1.29, 1.82) is 0 Å². The van der Waals surface area contributed by atoms with Crippen LogP contribution >= 0.6 is 17.0 Å². The Morgan fingerprint density at radius 2 is 0.848 bits per heavy atom. The number of hydrogen-bond acceptors (Lipinski definition) is 0. The molecule has 0 amide bonds. The molecule has 2 atom stereocenters. The third kappa shape index (κ3) is 4.34. The molecule has 0 saturated carbocycles. The van der Waals surface area contributed by atoms with Crippen LogP contribution in [-0.2, 0) is 15.6 Å². The van der Waals surface area contributed by atoms with Gasteiger partial charge in [-0.1, -0.05) is 0 Å². The average molecular weight is 732 g/mol. The molecule has 0 fully saturated rings. The van der Waals surface area contributed by atoms with Gasteiger partial charge in [-0.05, 0) is 0 Å². The molecular weight excluding hydrogens is 695 g/mol. The van der Waals surface area contributed by atoms with E-state index in [4.69, 9.17) is 17.0 Å². The van der Waals surface area contributed by atoms with E-state index in [0.717, 1.165) is 0 Å². The minimum absolute atomic E-state index is 0.0712. The first kappa shape index (κ1) is 30.3. The van der Waals surface area contributed by atoms with Crippen molar-refractivity contribution in [3.05, 3.63) is 155 Å². The van der Waals surface area contributed by atoms with E-state index in [1.807, 2.05) is 0 Å². The monoisotopic (exact) mass is 729 g/mol. The maximum atomic E-state index is 8.53. The Bertz CT molecular complexity index is 2110. The van der Waals surface area contributed by atoms with Crippen LogP contribution in [0.5, 0.6) is 0 Å². The molecule has 8 rings (SSSR count). The molecule has 0 saturated heterocycles. The van der Waals surface area contributed by atoms with Gasteiger partial charge < -0.3 is 0 Å². The van der Waals surface area contributed by atoms with Gasteiger partial charge in [0.1, 0.15) is 0 Å². The van der Waals surface area contributed by atoms with Gasteiger partial charge in [-0.15, -0.1) is 0 Å². The Morgan fingerprint density at radius 1 is 0.478 bits per heavy atom. The van der Waals surface area contributed by atoms with Gasteiger partial charge in [-0.2, -0.15) is 0 Å². The van der Waals surface area contributed by atoms with E-state index in [2.05, 4.69) is 160 Å². The number of allylic oxidation sites excluding steroid dienone is 2. The van der Waals surface area contributed by atoms with Crippen molar-refractivity contribution < 1.29 is 15.6 Å². The standard InChI is InChI=1S/2C20H15.C2H7Si.2ClH.Zr/c2*1-14-12-16-8-5-11-19(20(16)13-14)18-10-4-7-15-6-2-3-9-17(15)18;1-3-2;;;/h2*2-13H,1H3;3H,1-2H3;2*1H;/q;;;;;+2/p-2. The number of halogens is 2. The molecule has 2 aliphatic carbocycles. The van der Waals surface area contributed by atoms with Crippen LogP contribution in [0, 0.1) is 0 Å². The zero-order chi connectivity index (χ0) is 31.8. The summed E-state index contributed by atoms with van der Waals surface area (Å²) in [6, 6.07) is 44.3. The molecule has 0 aromatic heterocycles. The molecule has 0 aliphatic heterocycles. The van der Waals surface area contributed by atoms with E-state index in [9.17, 15) is 0 Å². The molecule has 2 aliphatic rings. The third-order valence-corrected chi connectivity index (χ3v) is 63.2. The summed E-state index contributed by atoms with van der Waals surface area (Å²) in [6.45, 7) is 9.41. The van der Waals surface area contributed by atoms with Gasteiger partial charge >= 0.3 is 283 Å². The summed E-state index contributed by atoms with van der Waals surface area (Å²) >= 11 is -4.77. The fourth-order valence-electron chi connectivity index (χ4n) is 8.79. The van der Waals surface area contributed by atoms with Gasteiger partial charge in [-0.25, -0.2) is 0 Å². The zero-order valence-electron chi connectivity index (χ0n) is 26.7. The molecule has 0 bridgehead atoms. The average Bonchev–Trinajstić information content (AvgIpc) is 3.60. The minimum atomic E-state index is -4.77. The quantitative estimate of drug-likeness (QED) is 0.155. The molecule has 0 spiro atoms. The Hall–Kier alpha value is -3.00. The number of hydrogen-bond donors (Lipinski definition) is 0. The fraction of sp³-hybridized carbons (Fsp3) is 0.143. The molecule has 227 valence electrons. The van der Waals surface area contributed by atoms with E-state index in [0.29, 0.717) is 0 Å². The second kappa shape index (κ2) is 11.0. The predicted molar refractivity (Wildman–Crippen MR) is 202 cm³/mol. The van der Waals surface area contributed by atoms with E-state index >= 15 is 0 Å². The van der Waals surface area contributed by atoms with Gasteiger partial charge in [-0.3, -0.25) is 0 Å². The summed E-state index contributed by atoms with van der Waals surface area (Å²) in [5, 5.41) is 5.06. The molecule has 6 aromatic carbocycles. The number of benzene rings is 6. The van der Waals surface area contributed by atoms with Crippen LogP contribution in [0.4, 0.5) is 0 Å². The van der Waals surface area contributed by atoms with Crippen molar-refractivity contribution >= 4 is 56.6 Å². The molecular formula is C42H37Cl2SiZr. The third-order valence-electron chi connectivity index (χ3n) is 10.9. The first-order valence-electron chi connectivity index (χ1n) is 16.3. The van der Waals surface area contributed by atoms with Crippen LogP contribution in [0.1, 0.15) is 43.4 Å². The fourth-order valence-corrected chi connectivity index (χ4v) is 41.7. The first-order valence-corrected chi connectivity index (χ1v) is 32.7. The van der Waals surface area contributed by atoms with Gasteiger partial charge in [0.2, 0.25) is 0 Å². The molecule has 0 nitrogen and oxygen atoms in total. The Balaban J connectivity index is 1.32. The van der Waals surface area contributed by atoms with Crippen molar-refractivity contribution in [1.82, 2.24) is 0 Å². The summed E-state index contributed by atoms with van der Waals surface area (Å²) < 4.78 is 0.142. The molecule has 0 heterocycles. The maximum absolute atomic E-state index is 8.53. The molecule has 2 unspecified atom stereocenters. The van der Waals surface area contributed by atoms with Gasteiger partial charge in [0.15, 0.2) is 0 Å². The van der Waals surface area contributed by atoms with Crippen LogP contribution in [0.3, 0.4) is 0 Å². The molecule has 0 N–H and O–H groups in total. The molecule has 4 heteroatoms. The SMILES string of the molecule is CC1=Cc2c(-c3cccc4ccccc34)cccc2[CH]1[Zr]([Cl])([Cl])([CH]1C(C)=Cc2c(-c3cccc4ccccc34)cccc21)[SiH](C)C. The van der Waals surface area contributed by atoms with Crippen molar-refractivity contribution in [3.8, 4) is 22.3 Å². The summed E-state index contributed by atoms with van der Waals surface area (Å²) in [6.07, 6.45) is 4.82. The Kier molecular flexibility index (Phi) is 7.28. The summed E-state index contributed by atoms with van der Waals surface area (Å²) in [5.74, 6) is -1.62. The second-order valence-corrected chi connectivity index (χ2v) is 56.2. The number of fused-ring (bicyclic) bond motifs is 4. The molecule has 6 aromatic rings.